The van der Waals surface area contributed by atoms with Crippen LogP contribution in [0.4, 0.5) is 0 Å². The van der Waals surface area contributed by atoms with Crippen molar-refractivity contribution in [3.05, 3.63) is 0 Å². The van der Waals surface area contributed by atoms with Crippen LogP contribution in [0.25, 0.3) is 0 Å². The molecule has 0 aromatic heterocycles. The van der Waals surface area contributed by atoms with Crippen LogP contribution in [0.5, 0.6) is 0 Å². The fourth-order valence-electron chi connectivity index (χ4n) is 1.46. The summed E-state index contributed by atoms with van der Waals surface area (Å²) in [5.74, 6) is 0.693. The van der Waals surface area contributed by atoms with Crippen molar-refractivity contribution in [3.8, 4) is 0 Å². The second-order valence-electron chi connectivity index (χ2n) is 3.34. The Hall–Kier alpha value is -0.370. The molecule has 1 N–H and O–H groups in total. The lowest BCUT2D eigenvalue weighted by Gasteiger charge is -2.21. The SMILES string of the molecule is CCC[C@H](NC)C(C)C/C=N\C. The number of nitrogens with one attached hydrogen (secondary N) is 1. The van der Waals surface area contributed by atoms with Crippen molar-refractivity contribution in [1.29, 1.82) is 0 Å². The smallest absolute Gasteiger partial charge is 0.0273 e. The quantitative estimate of drug-likeness (QED) is 0.607. The number of rotatable bonds is 6. The molecular weight excluding hydrogens is 148 g/mol. The minimum atomic E-state index is 0.646. The molecule has 0 rings (SSSR count). The van der Waals surface area contributed by atoms with Gasteiger partial charge in [0.1, 0.15) is 0 Å². The van der Waals surface area contributed by atoms with Crippen LogP contribution in [0, 0.1) is 5.92 Å². The molecule has 0 bridgehead atoms. The largest absolute Gasteiger partial charge is 0.317 e. The molecule has 0 saturated heterocycles. The van der Waals surface area contributed by atoms with Gasteiger partial charge in [0, 0.05) is 13.1 Å². The van der Waals surface area contributed by atoms with E-state index in [1.54, 1.807) is 0 Å². The van der Waals surface area contributed by atoms with Crippen LogP contribution >= 0.6 is 0 Å². The number of aliphatic imine (C=N–C) groups is 1. The highest BCUT2D eigenvalue weighted by Gasteiger charge is 2.12. The van der Waals surface area contributed by atoms with Gasteiger partial charge in [-0.1, -0.05) is 20.3 Å². The molecule has 12 heavy (non-hydrogen) atoms. The maximum atomic E-state index is 4.00. The van der Waals surface area contributed by atoms with E-state index in [2.05, 4.69) is 24.2 Å². The average molecular weight is 170 g/mol. The van der Waals surface area contributed by atoms with Gasteiger partial charge in [0.05, 0.1) is 0 Å². The maximum Gasteiger partial charge on any atom is 0.0273 e. The van der Waals surface area contributed by atoms with Crippen LogP contribution in [-0.2, 0) is 0 Å². The van der Waals surface area contributed by atoms with Crippen molar-refractivity contribution in [3.63, 3.8) is 0 Å². The van der Waals surface area contributed by atoms with Crippen molar-refractivity contribution in [1.82, 2.24) is 5.32 Å². The molecule has 0 aliphatic carbocycles. The Labute approximate surface area is 76.5 Å². The Kier molecular flexibility index (Phi) is 7.06. The zero-order chi connectivity index (χ0) is 9.40. The van der Waals surface area contributed by atoms with Crippen molar-refractivity contribution in [2.24, 2.45) is 10.9 Å². The molecule has 0 heterocycles. The summed E-state index contributed by atoms with van der Waals surface area (Å²) in [5.41, 5.74) is 0. The molecule has 2 nitrogen and oxygen atoms in total. The van der Waals surface area contributed by atoms with Gasteiger partial charge in [-0.2, -0.15) is 0 Å². The Morgan fingerprint density at radius 1 is 1.50 bits per heavy atom. The van der Waals surface area contributed by atoms with E-state index in [0.717, 1.165) is 6.42 Å². The number of hydrogen-bond donors (Lipinski definition) is 1. The fourth-order valence-corrected chi connectivity index (χ4v) is 1.46. The van der Waals surface area contributed by atoms with Crippen LogP contribution in [-0.4, -0.2) is 26.4 Å². The van der Waals surface area contributed by atoms with Gasteiger partial charge in [-0.3, -0.25) is 0 Å². The Morgan fingerprint density at radius 2 is 2.17 bits per heavy atom. The van der Waals surface area contributed by atoms with Gasteiger partial charge in [-0.05, 0) is 32.0 Å². The van der Waals surface area contributed by atoms with E-state index in [9.17, 15) is 0 Å². The second-order valence-corrected chi connectivity index (χ2v) is 3.34. The molecule has 1 unspecified atom stereocenters. The van der Waals surface area contributed by atoms with E-state index in [4.69, 9.17) is 0 Å². The van der Waals surface area contributed by atoms with E-state index in [1.807, 2.05) is 20.3 Å². The first-order valence-corrected chi connectivity index (χ1v) is 4.84. The molecule has 0 aromatic rings. The highest BCUT2D eigenvalue weighted by atomic mass is 14.9. The van der Waals surface area contributed by atoms with Crippen LogP contribution in [0.1, 0.15) is 33.1 Å². The lowest BCUT2D eigenvalue weighted by atomic mass is 9.95. The van der Waals surface area contributed by atoms with E-state index >= 15 is 0 Å². The fraction of sp³-hybridized carbons (Fsp3) is 0.900. The topological polar surface area (TPSA) is 24.4 Å². The zero-order valence-electron chi connectivity index (χ0n) is 8.80. The predicted molar refractivity (Wildman–Crippen MR) is 56.0 cm³/mol. The van der Waals surface area contributed by atoms with Gasteiger partial charge in [0.25, 0.3) is 0 Å². The summed E-state index contributed by atoms with van der Waals surface area (Å²) in [6.45, 7) is 4.50. The Bertz CT molecular complexity index is 121. The molecular formula is C10H22N2. The lowest BCUT2D eigenvalue weighted by molar-refractivity contribution is 0.385. The summed E-state index contributed by atoms with van der Waals surface area (Å²) in [6.07, 6.45) is 5.60. The highest BCUT2D eigenvalue weighted by molar-refractivity contribution is 5.57. The molecule has 0 aliphatic rings. The van der Waals surface area contributed by atoms with Crippen LogP contribution in [0.3, 0.4) is 0 Å². The van der Waals surface area contributed by atoms with E-state index in [1.165, 1.54) is 12.8 Å². The summed E-state index contributed by atoms with van der Waals surface area (Å²) in [7, 11) is 3.88. The van der Waals surface area contributed by atoms with Gasteiger partial charge < -0.3 is 10.3 Å². The molecule has 0 fully saturated rings. The number of nitrogens with zero attached hydrogens (tertiary/aromatic N) is 1. The van der Waals surface area contributed by atoms with Crippen molar-refractivity contribution >= 4 is 6.21 Å². The van der Waals surface area contributed by atoms with Gasteiger partial charge in [-0.15, -0.1) is 0 Å². The van der Waals surface area contributed by atoms with Crippen molar-refractivity contribution in [2.45, 2.75) is 39.2 Å². The zero-order valence-corrected chi connectivity index (χ0v) is 8.80. The van der Waals surface area contributed by atoms with Gasteiger partial charge in [-0.25, -0.2) is 0 Å². The van der Waals surface area contributed by atoms with Gasteiger partial charge >= 0.3 is 0 Å². The normalized spacial score (nSPS) is 16.7. The molecule has 0 aliphatic heterocycles. The minimum absolute atomic E-state index is 0.646. The molecule has 0 radical (unpaired) electrons. The number of hydrogen-bond acceptors (Lipinski definition) is 2. The lowest BCUT2D eigenvalue weighted by Crippen LogP contribution is -2.32. The van der Waals surface area contributed by atoms with E-state index in [0.29, 0.717) is 12.0 Å². The first-order chi connectivity index (χ1) is 5.76. The maximum absolute atomic E-state index is 4.00. The third kappa shape index (κ3) is 4.50. The van der Waals surface area contributed by atoms with Gasteiger partial charge in [0.2, 0.25) is 0 Å². The molecule has 0 saturated carbocycles. The Balaban J connectivity index is 3.75. The summed E-state index contributed by atoms with van der Waals surface area (Å²) in [4.78, 5) is 4.00. The average Bonchev–Trinajstić information content (AvgIpc) is 2.10. The first-order valence-electron chi connectivity index (χ1n) is 4.84. The third-order valence-electron chi connectivity index (χ3n) is 2.32. The predicted octanol–water partition coefficient (Wildman–Crippen LogP) is 2.10. The highest BCUT2D eigenvalue weighted by Crippen LogP contribution is 2.11. The standard InChI is InChI=1S/C10H22N2/c1-5-6-10(12-4)9(2)7-8-11-3/h8-10,12H,5-7H2,1-4H3/b11-8-/t9?,10-/m0/s1. The summed E-state index contributed by atoms with van der Waals surface area (Å²) in [6, 6.07) is 0.646. The minimum Gasteiger partial charge on any atom is -0.317 e. The second kappa shape index (κ2) is 7.29. The first kappa shape index (κ1) is 11.6. The van der Waals surface area contributed by atoms with E-state index < -0.39 is 0 Å². The summed E-state index contributed by atoms with van der Waals surface area (Å²) < 4.78 is 0. The summed E-state index contributed by atoms with van der Waals surface area (Å²) >= 11 is 0. The monoisotopic (exact) mass is 170 g/mol. The Morgan fingerprint density at radius 3 is 2.58 bits per heavy atom. The summed E-state index contributed by atoms with van der Waals surface area (Å²) in [5, 5.41) is 3.35. The molecule has 0 spiro atoms. The van der Waals surface area contributed by atoms with Gasteiger partial charge in [0.15, 0.2) is 0 Å². The van der Waals surface area contributed by atoms with Crippen molar-refractivity contribution in [2.75, 3.05) is 14.1 Å². The van der Waals surface area contributed by atoms with E-state index in [-0.39, 0.29) is 0 Å². The van der Waals surface area contributed by atoms with Crippen LogP contribution < -0.4 is 5.32 Å². The molecule has 2 heteroatoms. The van der Waals surface area contributed by atoms with Crippen molar-refractivity contribution < 1.29 is 0 Å². The molecule has 0 aromatic carbocycles. The van der Waals surface area contributed by atoms with Crippen LogP contribution in [0.15, 0.2) is 4.99 Å². The third-order valence-corrected chi connectivity index (χ3v) is 2.32. The molecule has 72 valence electrons. The molecule has 2 atom stereocenters. The molecule has 0 amide bonds. The van der Waals surface area contributed by atoms with Crippen LogP contribution in [0.2, 0.25) is 0 Å².